The molecule has 1 aromatic carbocycles. The molecule has 1 saturated carbocycles. The first-order valence-electron chi connectivity index (χ1n) is 12.3. The van der Waals surface area contributed by atoms with Crippen LogP contribution >= 0.6 is 11.3 Å². The van der Waals surface area contributed by atoms with Gasteiger partial charge in [0, 0.05) is 43.5 Å². The summed E-state index contributed by atoms with van der Waals surface area (Å²) in [5.74, 6) is 1.70. The molecule has 6 rings (SSSR count). The summed E-state index contributed by atoms with van der Waals surface area (Å²) < 4.78 is 1.98. The second-order valence-corrected chi connectivity index (χ2v) is 10.5. The van der Waals surface area contributed by atoms with E-state index in [0.29, 0.717) is 11.8 Å². The van der Waals surface area contributed by atoms with E-state index in [4.69, 9.17) is 0 Å². The van der Waals surface area contributed by atoms with Gasteiger partial charge in [-0.2, -0.15) is 0 Å². The number of hydrogen-bond acceptors (Lipinski definition) is 7. The summed E-state index contributed by atoms with van der Waals surface area (Å²) in [5.41, 5.74) is 1.96. The Labute approximate surface area is 202 Å². The van der Waals surface area contributed by atoms with Crippen LogP contribution in [0.1, 0.15) is 31.1 Å². The Bertz CT molecular complexity index is 1320. The normalized spacial score (nSPS) is 21.1. The van der Waals surface area contributed by atoms with Crippen molar-refractivity contribution in [3.63, 3.8) is 0 Å². The maximum absolute atomic E-state index is 13.5. The lowest BCUT2D eigenvalue weighted by atomic mass is 9.94. The van der Waals surface area contributed by atoms with Gasteiger partial charge in [-0.05, 0) is 43.4 Å². The third-order valence-electron chi connectivity index (χ3n) is 7.40. The third-order valence-corrected chi connectivity index (χ3v) is 8.59. The van der Waals surface area contributed by atoms with Gasteiger partial charge in [0.2, 0.25) is 5.91 Å². The van der Waals surface area contributed by atoms with E-state index in [1.165, 1.54) is 4.88 Å². The summed E-state index contributed by atoms with van der Waals surface area (Å²) in [6.45, 7) is 6.02. The number of benzene rings is 1. The Kier molecular flexibility index (Phi) is 5.64. The van der Waals surface area contributed by atoms with Gasteiger partial charge in [0.25, 0.3) is 0 Å². The highest BCUT2D eigenvalue weighted by molar-refractivity contribution is 7.18. The maximum atomic E-state index is 13.5. The highest BCUT2D eigenvalue weighted by Gasteiger charge is 2.37. The summed E-state index contributed by atoms with van der Waals surface area (Å²) >= 11 is 1.75. The molecule has 2 aliphatic rings. The molecule has 34 heavy (non-hydrogen) atoms. The molecule has 9 heteroatoms. The fourth-order valence-electron chi connectivity index (χ4n) is 5.55. The number of para-hydroxylation sites is 1. The molecule has 0 spiro atoms. The van der Waals surface area contributed by atoms with Gasteiger partial charge < -0.3 is 9.80 Å². The summed E-state index contributed by atoms with van der Waals surface area (Å²) in [5, 5.41) is 9.79. The van der Waals surface area contributed by atoms with Gasteiger partial charge in [-0.3, -0.25) is 4.79 Å². The molecule has 1 aliphatic heterocycles. The van der Waals surface area contributed by atoms with Crippen LogP contribution in [0, 0.1) is 11.8 Å². The first-order chi connectivity index (χ1) is 16.7. The lowest BCUT2D eigenvalue weighted by molar-refractivity contribution is -0.137. The van der Waals surface area contributed by atoms with Crippen LogP contribution in [0.4, 0.5) is 5.82 Å². The van der Waals surface area contributed by atoms with Gasteiger partial charge in [-0.15, -0.1) is 16.4 Å². The molecular formula is C25H29N7OS. The number of nitrogens with zero attached hydrogens (tertiary/aromatic N) is 7. The Morgan fingerprint density at radius 3 is 2.82 bits per heavy atom. The van der Waals surface area contributed by atoms with Gasteiger partial charge in [0.05, 0.1) is 10.9 Å². The van der Waals surface area contributed by atoms with Gasteiger partial charge in [-0.1, -0.05) is 30.7 Å². The number of hydrogen-bond donors (Lipinski definition) is 0. The number of rotatable bonds is 5. The van der Waals surface area contributed by atoms with Crippen molar-refractivity contribution in [3.8, 4) is 0 Å². The summed E-state index contributed by atoms with van der Waals surface area (Å²) in [4.78, 5) is 29.4. The topological polar surface area (TPSA) is 80.0 Å². The van der Waals surface area contributed by atoms with E-state index in [1.807, 2.05) is 22.9 Å². The quantitative estimate of drug-likeness (QED) is 0.437. The molecule has 1 aliphatic carbocycles. The van der Waals surface area contributed by atoms with E-state index in [2.05, 4.69) is 49.1 Å². The van der Waals surface area contributed by atoms with E-state index in [9.17, 15) is 4.79 Å². The van der Waals surface area contributed by atoms with Crippen LogP contribution in [0.3, 0.4) is 0 Å². The lowest BCUT2D eigenvalue weighted by Gasteiger charge is -2.37. The number of fused-ring (bicyclic) bond motifs is 2. The Balaban J connectivity index is 1.13. The van der Waals surface area contributed by atoms with Crippen molar-refractivity contribution in [2.24, 2.45) is 11.8 Å². The Morgan fingerprint density at radius 2 is 1.97 bits per heavy atom. The molecule has 3 aromatic heterocycles. The fourth-order valence-corrected chi connectivity index (χ4v) is 6.48. The molecule has 2 fully saturated rings. The van der Waals surface area contributed by atoms with E-state index < -0.39 is 0 Å². The maximum Gasteiger partial charge on any atom is 0.226 e. The van der Waals surface area contributed by atoms with Crippen LogP contribution in [-0.2, 0) is 17.8 Å². The van der Waals surface area contributed by atoms with Crippen molar-refractivity contribution < 1.29 is 4.79 Å². The average molecular weight is 476 g/mol. The second kappa shape index (κ2) is 8.94. The zero-order valence-electron chi connectivity index (χ0n) is 19.4. The molecule has 8 nitrogen and oxygen atoms in total. The smallest absolute Gasteiger partial charge is 0.226 e. The Hall–Kier alpha value is -3.07. The van der Waals surface area contributed by atoms with Crippen LogP contribution < -0.4 is 4.90 Å². The number of aryl methyl sites for hydroxylation is 1. The zero-order chi connectivity index (χ0) is 23.1. The summed E-state index contributed by atoms with van der Waals surface area (Å²) in [6, 6.07) is 10.3. The number of aromatic nitrogens is 5. The SMILES string of the molecule is CCc1cc2c(N3CCN(C(=O)[C@@H]4CCC[C@H]4Cn4nnc5ccccc54)CC3)ncnc2s1. The molecule has 2 atom stereocenters. The molecule has 4 heterocycles. The predicted octanol–water partition coefficient (Wildman–Crippen LogP) is 3.76. The second-order valence-electron chi connectivity index (χ2n) is 9.35. The van der Waals surface area contributed by atoms with Gasteiger partial charge in [0.1, 0.15) is 22.5 Å². The van der Waals surface area contributed by atoms with E-state index in [0.717, 1.165) is 85.5 Å². The summed E-state index contributed by atoms with van der Waals surface area (Å²) in [7, 11) is 0. The van der Waals surface area contributed by atoms with Gasteiger partial charge in [0.15, 0.2) is 0 Å². The number of carbonyl (C=O) groups excluding carboxylic acids is 1. The molecule has 1 amide bonds. The van der Waals surface area contributed by atoms with Crippen LogP contribution in [-0.4, -0.2) is 61.9 Å². The van der Waals surface area contributed by atoms with Gasteiger partial charge in [-0.25, -0.2) is 14.6 Å². The Morgan fingerprint density at radius 1 is 1.12 bits per heavy atom. The average Bonchev–Trinajstić information content (AvgIpc) is 3.62. The van der Waals surface area contributed by atoms with Crippen LogP contribution in [0.25, 0.3) is 21.3 Å². The van der Waals surface area contributed by atoms with Crippen molar-refractivity contribution in [3.05, 3.63) is 41.5 Å². The standard InChI is InChI=1S/C25H29N7OS/c1-2-18-14-20-23(26-16-27-24(20)34-18)30-10-12-31(13-11-30)25(33)19-7-5-6-17(19)15-32-22-9-4-3-8-21(22)28-29-32/h3-4,8-9,14,16-17,19H,2,5-7,10-13,15H2,1H3/t17-,19+/m0/s1. The molecule has 176 valence electrons. The van der Waals surface area contributed by atoms with Crippen molar-refractivity contribution in [2.45, 2.75) is 39.2 Å². The minimum Gasteiger partial charge on any atom is -0.352 e. The van der Waals surface area contributed by atoms with E-state index in [1.54, 1.807) is 17.7 Å². The fraction of sp³-hybridized carbons (Fsp3) is 0.480. The first-order valence-corrected chi connectivity index (χ1v) is 13.1. The van der Waals surface area contributed by atoms with Gasteiger partial charge >= 0.3 is 0 Å². The van der Waals surface area contributed by atoms with Crippen molar-refractivity contribution in [1.29, 1.82) is 0 Å². The highest BCUT2D eigenvalue weighted by atomic mass is 32.1. The number of carbonyl (C=O) groups is 1. The number of amides is 1. The van der Waals surface area contributed by atoms with E-state index >= 15 is 0 Å². The molecular weight excluding hydrogens is 446 g/mol. The molecule has 0 unspecified atom stereocenters. The monoisotopic (exact) mass is 475 g/mol. The van der Waals surface area contributed by atoms with Crippen molar-refractivity contribution in [2.75, 3.05) is 31.1 Å². The zero-order valence-corrected chi connectivity index (χ0v) is 20.2. The minimum atomic E-state index is 0.0734. The van der Waals surface area contributed by atoms with Crippen LogP contribution in [0.5, 0.6) is 0 Å². The molecule has 4 aromatic rings. The lowest BCUT2D eigenvalue weighted by Crippen LogP contribution is -2.51. The molecule has 1 saturated heterocycles. The number of piperazine rings is 1. The third kappa shape index (κ3) is 3.81. The minimum absolute atomic E-state index is 0.0734. The van der Waals surface area contributed by atoms with Crippen LogP contribution in [0.15, 0.2) is 36.7 Å². The van der Waals surface area contributed by atoms with Crippen molar-refractivity contribution in [1.82, 2.24) is 29.9 Å². The highest BCUT2D eigenvalue weighted by Crippen LogP contribution is 2.36. The predicted molar refractivity (Wildman–Crippen MR) is 134 cm³/mol. The molecule has 0 radical (unpaired) electrons. The first kappa shape index (κ1) is 21.5. The number of anilines is 1. The number of thiophene rings is 1. The summed E-state index contributed by atoms with van der Waals surface area (Å²) in [6.07, 6.45) is 5.82. The van der Waals surface area contributed by atoms with Crippen LogP contribution in [0.2, 0.25) is 0 Å². The largest absolute Gasteiger partial charge is 0.352 e. The van der Waals surface area contributed by atoms with Crippen molar-refractivity contribution >= 4 is 44.3 Å². The molecule has 0 bridgehead atoms. The van der Waals surface area contributed by atoms with E-state index in [-0.39, 0.29) is 5.92 Å². The molecule has 0 N–H and O–H groups in total.